The van der Waals surface area contributed by atoms with Crippen LogP contribution in [-0.4, -0.2) is 22.7 Å². The Morgan fingerprint density at radius 3 is 2.26 bits per heavy atom. The molecule has 0 aliphatic rings. The lowest BCUT2D eigenvalue weighted by atomic mass is 9.76. The molecule has 0 radical (unpaired) electrons. The van der Waals surface area contributed by atoms with Crippen LogP contribution in [0.25, 0.3) is 22.3 Å². The molecule has 0 aromatic heterocycles. The minimum atomic E-state index is -0.903. The number of halogens is 2. The van der Waals surface area contributed by atoms with Crippen LogP contribution in [0.4, 0.5) is 10.1 Å². The van der Waals surface area contributed by atoms with E-state index in [-0.39, 0.29) is 16.1 Å². The van der Waals surface area contributed by atoms with Crippen LogP contribution in [0.1, 0.15) is 74.3 Å². The molecule has 2 N–H and O–H groups in total. The Morgan fingerprint density at radius 1 is 1.05 bits per heavy atom. The van der Waals surface area contributed by atoms with E-state index >= 15 is 4.39 Å². The summed E-state index contributed by atoms with van der Waals surface area (Å²) >= 11 is 6.14. The van der Waals surface area contributed by atoms with Gasteiger partial charge in [-0.05, 0) is 122 Å². The molecule has 0 amide bonds. The van der Waals surface area contributed by atoms with E-state index in [1.54, 1.807) is 12.1 Å². The van der Waals surface area contributed by atoms with Crippen LogP contribution >= 0.6 is 22.3 Å². The topological polar surface area (TPSA) is 49.3 Å². The number of rotatable bonds is 8. The van der Waals surface area contributed by atoms with Crippen molar-refractivity contribution in [2.45, 2.75) is 74.1 Å². The zero-order valence-electron chi connectivity index (χ0n) is 24.6. The maximum Gasteiger partial charge on any atom is 0.311 e. The standard InChI is InChI=1S/C33H41ClFNO2S/c1-10-39(9)36-31-22(5)30(26(32(37)38)15-16-33(6,7)8)29(25-14-13-24(34)18-27(25)35)21(4)28(31)23-12-11-19(2)20(3)17-23/h10-14,17-18,26,36H,15-16H2,1-9H3,(H,37,38). The van der Waals surface area contributed by atoms with Gasteiger partial charge in [0.2, 0.25) is 0 Å². The van der Waals surface area contributed by atoms with Crippen LogP contribution in [0.3, 0.4) is 0 Å². The SMILES string of the molecule is C/C=S(/C)Nc1c(C)c(C(CCC(C)(C)C)C(=O)O)c(-c2ccc(Cl)cc2F)c(C)c1-c1ccc(C)c(C)c1. The number of hydrogen-bond donors (Lipinski definition) is 2. The Morgan fingerprint density at radius 2 is 1.72 bits per heavy atom. The van der Waals surface area contributed by atoms with E-state index in [1.807, 2.05) is 20.8 Å². The Kier molecular flexibility index (Phi) is 9.72. The first-order chi connectivity index (χ1) is 18.2. The Labute approximate surface area is 240 Å². The van der Waals surface area contributed by atoms with Crippen molar-refractivity contribution in [1.29, 1.82) is 0 Å². The highest BCUT2D eigenvalue weighted by atomic mass is 35.5. The van der Waals surface area contributed by atoms with Gasteiger partial charge in [0.05, 0.1) is 11.6 Å². The maximum absolute atomic E-state index is 15.6. The van der Waals surface area contributed by atoms with Gasteiger partial charge in [-0.25, -0.2) is 4.39 Å². The summed E-state index contributed by atoms with van der Waals surface area (Å²) in [7, 11) is -0.263. The van der Waals surface area contributed by atoms with Crippen LogP contribution in [0.2, 0.25) is 5.02 Å². The molecular formula is C33H41ClFNO2S. The number of hydrogen-bond acceptors (Lipinski definition) is 2. The number of aryl methyl sites for hydroxylation is 2. The van der Waals surface area contributed by atoms with Crippen molar-refractivity contribution in [3.8, 4) is 22.3 Å². The third kappa shape index (κ3) is 6.93. The molecule has 3 rings (SSSR count). The van der Waals surface area contributed by atoms with Crippen molar-refractivity contribution in [2.24, 2.45) is 5.41 Å². The van der Waals surface area contributed by atoms with Gasteiger partial charge >= 0.3 is 5.97 Å². The van der Waals surface area contributed by atoms with Crippen LogP contribution in [-0.2, 0) is 4.79 Å². The molecule has 6 heteroatoms. The summed E-state index contributed by atoms with van der Waals surface area (Å²) < 4.78 is 19.3. The summed E-state index contributed by atoms with van der Waals surface area (Å²) in [6.07, 6.45) is 3.26. The van der Waals surface area contributed by atoms with E-state index in [0.29, 0.717) is 34.6 Å². The van der Waals surface area contributed by atoms with E-state index in [2.05, 4.69) is 69.2 Å². The lowest BCUT2D eigenvalue weighted by Crippen LogP contribution is -2.19. The minimum Gasteiger partial charge on any atom is -0.481 e. The molecule has 210 valence electrons. The van der Waals surface area contributed by atoms with Gasteiger partial charge in [-0.15, -0.1) is 10.7 Å². The van der Waals surface area contributed by atoms with Gasteiger partial charge in [0, 0.05) is 16.1 Å². The molecule has 0 saturated carbocycles. The predicted molar refractivity (Wildman–Crippen MR) is 169 cm³/mol. The number of benzene rings is 3. The van der Waals surface area contributed by atoms with Crippen molar-refractivity contribution < 1.29 is 14.3 Å². The summed E-state index contributed by atoms with van der Waals surface area (Å²) in [5, 5.41) is 13.0. The maximum atomic E-state index is 15.6. The molecule has 2 unspecified atom stereocenters. The van der Waals surface area contributed by atoms with Crippen LogP contribution in [0.5, 0.6) is 0 Å². The lowest BCUT2D eigenvalue weighted by Gasteiger charge is -2.30. The van der Waals surface area contributed by atoms with Gasteiger partial charge in [0.15, 0.2) is 0 Å². The zero-order chi connectivity index (χ0) is 29.2. The summed E-state index contributed by atoms with van der Waals surface area (Å²) in [4.78, 5) is 12.9. The normalized spacial score (nSPS) is 13.4. The van der Waals surface area contributed by atoms with E-state index < -0.39 is 17.7 Å². The Bertz CT molecular complexity index is 1440. The number of aliphatic carboxylic acids is 1. The van der Waals surface area contributed by atoms with Gasteiger partial charge in [-0.2, -0.15) is 0 Å². The average molecular weight is 570 g/mol. The van der Waals surface area contributed by atoms with Crippen molar-refractivity contribution in [2.75, 3.05) is 11.0 Å². The number of carboxylic acids is 1. The fourth-order valence-corrected chi connectivity index (χ4v) is 5.93. The van der Waals surface area contributed by atoms with Crippen molar-refractivity contribution in [3.63, 3.8) is 0 Å². The third-order valence-electron chi connectivity index (χ3n) is 7.49. The molecule has 0 bridgehead atoms. The first-order valence-corrected chi connectivity index (χ1v) is 15.4. The Balaban J connectivity index is 2.54. The molecular weight excluding hydrogens is 529 g/mol. The first-order valence-electron chi connectivity index (χ1n) is 13.3. The van der Waals surface area contributed by atoms with E-state index in [4.69, 9.17) is 11.6 Å². The molecule has 0 spiro atoms. The number of nitrogens with one attached hydrogen (secondary N) is 1. The number of carbonyl (C=O) groups is 1. The van der Waals surface area contributed by atoms with Gasteiger partial charge in [0.1, 0.15) is 5.82 Å². The summed E-state index contributed by atoms with van der Waals surface area (Å²) in [5.74, 6) is -2.17. The molecule has 39 heavy (non-hydrogen) atoms. The molecule has 3 aromatic rings. The second kappa shape index (κ2) is 12.3. The third-order valence-corrected chi connectivity index (χ3v) is 8.96. The average Bonchev–Trinajstić information content (AvgIpc) is 2.83. The van der Waals surface area contributed by atoms with Crippen molar-refractivity contribution in [3.05, 3.63) is 75.1 Å². The minimum absolute atomic E-state index is 0.0458. The second-order valence-electron chi connectivity index (χ2n) is 11.6. The summed E-state index contributed by atoms with van der Waals surface area (Å²) in [6.45, 7) is 16.5. The Hall–Kier alpha value is -2.63. The fourth-order valence-electron chi connectivity index (χ4n) is 5.07. The molecule has 0 saturated heterocycles. The summed E-state index contributed by atoms with van der Waals surface area (Å²) in [5.41, 5.74) is 8.52. The highest BCUT2D eigenvalue weighted by Crippen LogP contribution is 2.48. The fraction of sp³-hybridized carbons (Fsp3) is 0.394. The molecule has 0 heterocycles. The second-order valence-corrected chi connectivity index (χ2v) is 13.8. The van der Waals surface area contributed by atoms with Crippen LogP contribution < -0.4 is 4.72 Å². The largest absolute Gasteiger partial charge is 0.481 e. The van der Waals surface area contributed by atoms with E-state index in [1.165, 1.54) is 11.6 Å². The lowest BCUT2D eigenvalue weighted by molar-refractivity contribution is -0.139. The monoisotopic (exact) mass is 569 g/mol. The van der Waals surface area contributed by atoms with E-state index in [9.17, 15) is 9.90 Å². The molecule has 0 aliphatic carbocycles. The van der Waals surface area contributed by atoms with Crippen molar-refractivity contribution in [1.82, 2.24) is 0 Å². The molecule has 0 fully saturated rings. The predicted octanol–water partition coefficient (Wildman–Crippen LogP) is 10.1. The number of anilines is 1. The van der Waals surface area contributed by atoms with Gasteiger partial charge in [-0.1, -0.05) is 50.6 Å². The van der Waals surface area contributed by atoms with Gasteiger partial charge in [-0.3, -0.25) is 4.79 Å². The van der Waals surface area contributed by atoms with Crippen LogP contribution in [0.15, 0.2) is 36.4 Å². The van der Waals surface area contributed by atoms with Crippen molar-refractivity contribution >= 4 is 39.3 Å². The molecule has 2 atom stereocenters. The summed E-state index contributed by atoms with van der Waals surface area (Å²) in [6, 6.07) is 11.0. The smallest absolute Gasteiger partial charge is 0.311 e. The quantitative estimate of drug-likeness (QED) is 0.265. The van der Waals surface area contributed by atoms with Gasteiger partial charge in [0.25, 0.3) is 0 Å². The zero-order valence-corrected chi connectivity index (χ0v) is 26.1. The highest BCUT2D eigenvalue weighted by molar-refractivity contribution is 8.15. The van der Waals surface area contributed by atoms with E-state index in [0.717, 1.165) is 33.5 Å². The molecule has 3 aromatic carbocycles. The van der Waals surface area contributed by atoms with Gasteiger partial charge < -0.3 is 9.83 Å². The molecule has 0 aliphatic heterocycles. The van der Waals surface area contributed by atoms with Crippen LogP contribution in [0, 0.1) is 38.9 Å². The molecule has 3 nitrogen and oxygen atoms in total. The highest BCUT2D eigenvalue weighted by Gasteiger charge is 2.32. The number of carboxylic acid groups (broad SMARTS) is 1. The first kappa shape index (κ1) is 30.9.